The van der Waals surface area contributed by atoms with Crippen molar-refractivity contribution in [3.8, 4) is 0 Å². The first-order chi connectivity index (χ1) is 13.6. The Morgan fingerprint density at radius 3 is 2.68 bits per heavy atom. The molecule has 0 radical (unpaired) electrons. The van der Waals surface area contributed by atoms with Gasteiger partial charge in [-0.25, -0.2) is 9.37 Å². The van der Waals surface area contributed by atoms with Crippen molar-refractivity contribution in [2.45, 2.75) is 12.8 Å². The number of pyridine rings is 1. The summed E-state index contributed by atoms with van der Waals surface area (Å²) in [5.41, 5.74) is 2.35. The Balaban J connectivity index is 1.52. The van der Waals surface area contributed by atoms with Gasteiger partial charge in [0.1, 0.15) is 5.15 Å². The molecule has 0 amide bonds. The van der Waals surface area contributed by atoms with E-state index in [-0.39, 0.29) is 11.5 Å². The van der Waals surface area contributed by atoms with E-state index in [2.05, 4.69) is 39.8 Å². The zero-order chi connectivity index (χ0) is 19.5. The van der Waals surface area contributed by atoms with Gasteiger partial charge >= 0.3 is 0 Å². The molecule has 0 fully saturated rings. The van der Waals surface area contributed by atoms with Crippen LogP contribution in [0.1, 0.15) is 18.4 Å². The molecule has 142 valence electrons. The largest absolute Gasteiger partial charge is 0.382 e. The Labute approximate surface area is 166 Å². The lowest BCUT2D eigenvalue weighted by Gasteiger charge is -2.14. The van der Waals surface area contributed by atoms with Crippen molar-refractivity contribution in [2.75, 3.05) is 17.2 Å². The SMILES string of the molecule is CC(CNc1ccc2c(Nc3ccc(Cl)nc3)noc2c1F)c1ccccc1. The first-order valence-corrected chi connectivity index (χ1v) is 9.25. The van der Waals surface area contributed by atoms with E-state index in [1.54, 1.807) is 30.5 Å². The lowest BCUT2D eigenvalue weighted by atomic mass is 10.0. The van der Waals surface area contributed by atoms with Gasteiger partial charge in [-0.15, -0.1) is 0 Å². The normalized spacial score (nSPS) is 12.1. The van der Waals surface area contributed by atoms with Crippen molar-refractivity contribution in [3.63, 3.8) is 0 Å². The van der Waals surface area contributed by atoms with Crippen molar-refractivity contribution < 1.29 is 8.91 Å². The summed E-state index contributed by atoms with van der Waals surface area (Å²) < 4.78 is 20.1. The molecule has 0 saturated carbocycles. The summed E-state index contributed by atoms with van der Waals surface area (Å²) in [4.78, 5) is 4.00. The molecule has 7 heteroatoms. The van der Waals surface area contributed by atoms with Gasteiger partial charge in [-0.1, -0.05) is 54.0 Å². The van der Waals surface area contributed by atoms with E-state index in [0.717, 1.165) is 0 Å². The summed E-state index contributed by atoms with van der Waals surface area (Å²) in [5, 5.41) is 11.1. The molecule has 1 unspecified atom stereocenters. The fraction of sp³-hybridized carbons (Fsp3) is 0.143. The number of nitrogens with one attached hydrogen (secondary N) is 2. The fourth-order valence-electron chi connectivity index (χ4n) is 2.95. The highest BCUT2D eigenvalue weighted by molar-refractivity contribution is 6.29. The molecule has 0 aliphatic rings. The van der Waals surface area contributed by atoms with Crippen molar-refractivity contribution >= 4 is 39.8 Å². The van der Waals surface area contributed by atoms with Crippen molar-refractivity contribution in [1.29, 1.82) is 0 Å². The molecule has 5 nitrogen and oxygen atoms in total. The minimum Gasteiger partial charge on any atom is -0.382 e. The second kappa shape index (κ2) is 7.86. The smallest absolute Gasteiger partial charge is 0.206 e. The highest BCUT2D eigenvalue weighted by Gasteiger charge is 2.17. The van der Waals surface area contributed by atoms with E-state index in [1.807, 2.05) is 18.2 Å². The Hall–Kier alpha value is -3.12. The molecule has 2 heterocycles. The van der Waals surface area contributed by atoms with E-state index < -0.39 is 5.82 Å². The van der Waals surface area contributed by atoms with Gasteiger partial charge < -0.3 is 15.2 Å². The minimum atomic E-state index is -0.465. The summed E-state index contributed by atoms with van der Waals surface area (Å²) in [5.74, 6) is 0.190. The lowest BCUT2D eigenvalue weighted by Crippen LogP contribution is -2.10. The predicted molar refractivity (Wildman–Crippen MR) is 110 cm³/mol. The fourth-order valence-corrected chi connectivity index (χ4v) is 3.06. The van der Waals surface area contributed by atoms with Crippen LogP contribution in [0.3, 0.4) is 0 Å². The molecule has 0 aliphatic carbocycles. The number of fused-ring (bicyclic) bond motifs is 1. The highest BCUT2D eigenvalue weighted by atomic mass is 35.5. The number of rotatable bonds is 6. The average molecular weight is 397 g/mol. The zero-order valence-corrected chi connectivity index (χ0v) is 15.9. The molecule has 28 heavy (non-hydrogen) atoms. The van der Waals surface area contributed by atoms with Gasteiger partial charge in [0.15, 0.2) is 11.6 Å². The van der Waals surface area contributed by atoms with Crippen LogP contribution in [0.5, 0.6) is 0 Å². The van der Waals surface area contributed by atoms with Gasteiger partial charge in [0, 0.05) is 6.54 Å². The first-order valence-electron chi connectivity index (χ1n) is 8.87. The Kier molecular flexibility index (Phi) is 5.12. The highest BCUT2D eigenvalue weighted by Crippen LogP contribution is 2.31. The van der Waals surface area contributed by atoms with Crippen LogP contribution in [0.2, 0.25) is 5.15 Å². The molecular weight excluding hydrogens is 379 g/mol. The zero-order valence-electron chi connectivity index (χ0n) is 15.1. The summed E-state index contributed by atoms with van der Waals surface area (Å²) in [6.45, 7) is 2.69. The van der Waals surface area contributed by atoms with Crippen molar-refractivity contribution in [1.82, 2.24) is 10.1 Å². The molecule has 0 bridgehead atoms. The van der Waals surface area contributed by atoms with E-state index in [4.69, 9.17) is 16.1 Å². The molecule has 2 aromatic carbocycles. The Morgan fingerprint density at radius 2 is 1.93 bits per heavy atom. The van der Waals surface area contributed by atoms with Crippen LogP contribution in [0.4, 0.5) is 21.6 Å². The number of benzene rings is 2. The molecular formula is C21H18ClFN4O. The van der Waals surface area contributed by atoms with Gasteiger partial charge in [0.05, 0.1) is 23.0 Å². The molecule has 2 aromatic heterocycles. The van der Waals surface area contributed by atoms with Crippen LogP contribution in [-0.4, -0.2) is 16.7 Å². The number of nitrogens with zero attached hydrogens (tertiary/aromatic N) is 2. The summed E-state index contributed by atoms with van der Waals surface area (Å²) in [6.07, 6.45) is 1.57. The first kappa shape index (κ1) is 18.3. The van der Waals surface area contributed by atoms with Crippen LogP contribution in [0.25, 0.3) is 11.0 Å². The maximum absolute atomic E-state index is 14.9. The standard InChI is InChI=1S/C21H18ClFN4O/c1-13(14-5-3-2-4-6-14)11-24-17-9-8-16-20(19(17)23)28-27-21(16)26-15-7-10-18(22)25-12-15/h2-10,12-13,24H,11H2,1H3,(H,26,27). The van der Waals surface area contributed by atoms with Crippen LogP contribution in [0, 0.1) is 5.82 Å². The molecule has 0 spiro atoms. The molecule has 0 aliphatic heterocycles. The van der Waals surface area contributed by atoms with Gasteiger partial charge in [-0.2, -0.15) is 0 Å². The van der Waals surface area contributed by atoms with Gasteiger partial charge in [0.2, 0.25) is 5.58 Å². The number of halogens is 2. The van der Waals surface area contributed by atoms with Crippen LogP contribution >= 0.6 is 11.6 Å². The summed E-state index contributed by atoms with van der Waals surface area (Å²) >= 11 is 5.79. The third kappa shape index (κ3) is 3.77. The molecule has 2 N–H and O–H groups in total. The maximum atomic E-state index is 14.9. The van der Waals surface area contributed by atoms with Crippen LogP contribution in [0.15, 0.2) is 65.3 Å². The monoisotopic (exact) mass is 396 g/mol. The Bertz CT molecular complexity index is 1080. The number of anilines is 3. The second-order valence-electron chi connectivity index (χ2n) is 6.52. The topological polar surface area (TPSA) is 63.0 Å². The lowest BCUT2D eigenvalue weighted by molar-refractivity contribution is 0.444. The van der Waals surface area contributed by atoms with Crippen molar-refractivity contribution in [2.24, 2.45) is 0 Å². The average Bonchev–Trinajstić information content (AvgIpc) is 3.13. The maximum Gasteiger partial charge on any atom is 0.206 e. The minimum absolute atomic E-state index is 0.0989. The molecule has 1 atom stereocenters. The number of hydrogen-bond acceptors (Lipinski definition) is 5. The molecule has 0 saturated heterocycles. The van der Waals surface area contributed by atoms with E-state index >= 15 is 0 Å². The summed E-state index contributed by atoms with van der Waals surface area (Å²) in [6, 6.07) is 17.0. The van der Waals surface area contributed by atoms with Gasteiger partial charge in [0.25, 0.3) is 0 Å². The third-order valence-electron chi connectivity index (χ3n) is 4.54. The molecule has 4 aromatic rings. The van der Waals surface area contributed by atoms with E-state index in [1.165, 1.54) is 5.56 Å². The second-order valence-corrected chi connectivity index (χ2v) is 6.91. The quantitative estimate of drug-likeness (QED) is 0.393. The predicted octanol–water partition coefficient (Wildman–Crippen LogP) is 5.97. The molecule has 4 rings (SSSR count). The van der Waals surface area contributed by atoms with Crippen molar-refractivity contribution in [3.05, 3.63) is 77.3 Å². The summed E-state index contributed by atoms with van der Waals surface area (Å²) in [7, 11) is 0. The third-order valence-corrected chi connectivity index (χ3v) is 4.76. The Morgan fingerprint density at radius 1 is 1.11 bits per heavy atom. The number of hydrogen-bond donors (Lipinski definition) is 2. The van der Waals surface area contributed by atoms with E-state index in [0.29, 0.717) is 34.3 Å². The van der Waals surface area contributed by atoms with Crippen LogP contribution < -0.4 is 10.6 Å². The number of aromatic nitrogens is 2. The van der Waals surface area contributed by atoms with Gasteiger partial charge in [-0.3, -0.25) is 0 Å². The van der Waals surface area contributed by atoms with Gasteiger partial charge in [-0.05, 0) is 35.7 Å². The van der Waals surface area contributed by atoms with Crippen LogP contribution in [-0.2, 0) is 0 Å². The van der Waals surface area contributed by atoms with E-state index in [9.17, 15) is 4.39 Å².